The fraction of sp³-hybridized carbons (Fsp3) is 0.444. The molecule has 0 atom stereocenters. The van der Waals surface area contributed by atoms with Crippen LogP contribution >= 0.6 is 11.6 Å². The summed E-state index contributed by atoms with van der Waals surface area (Å²) in [7, 11) is 0. The molecule has 0 saturated carbocycles. The second-order valence-corrected chi connectivity index (χ2v) is 3.38. The Balaban J connectivity index is 2.36. The topological polar surface area (TPSA) is 24.9 Å². The molecule has 0 amide bonds. The highest BCUT2D eigenvalue weighted by Crippen LogP contribution is 2.13. The van der Waals surface area contributed by atoms with Crippen molar-refractivity contribution in [3.63, 3.8) is 0 Å². The second-order valence-electron chi connectivity index (χ2n) is 2.99. The van der Waals surface area contributed by atoms with Crippen LogP contribution in [0.4, 0.5) is 0 Å². The lowest BCUT2D eigenvalue weighted by Gasteiger charge is -2.02. The lowest BCUT2D eigenvalue weighted by molar-refractivity contribution is 0.708. The minimum Gasteiger partial charge on any atom is -0.316 e. The largest absolute Gasteiger partial charge is 0.316 e. The molecular formula is C9H11ClN2. The summed E-state index contributed by atoms with van der Waals surface area (Å²) < 4.78 is 0. The van der Waals surface area contributed by atoms with Crippen molar-refractivity contribution >= 4 is 11.6 Å². The van der Waals surface area contributed by atoms with Gasteiger partial charge >= 0.3 is 0 Å². The molecule has 0 saturated heterocycles. The molecule has 1 aliphatic heterocycles. The van der Waals surface area contributed by atoms with Crippen molar-refractivity contribution in [2.24, 2.45) is 0 Å². The molecule has 0 spiro atoms. The first-order valence-corrected chi connectivity index (χ1v) is 4.59. The Morgan fingerprint density at radius 3 is 3.00 bits per heavy atom. The standard InChI is InChI=1S/C9H11ClN2/c10-9-2-1-7-3-5-11-6-4-8(7)12-9/h1-2,11H,3-6H2. The number of halogens is 1. The van der Waals surface area contributed by atoms with E-state index in [0.29, 0.717) is 5.15 Å². The summed E-state index contributed by atoms with van der Waals surface area (Å²) in [6.07, 6.45) is 2.06. The van der Waals surface area contributed by atoms with Crippen LogP contribution in [-0.4, -0.2) is 18.1 Å². The summed E-state index contributed by atoms with van der Waals surface area (Å²) >= 11 is 5.80. The van der Waals surface area contributed by atoms with Gasteiger partial charge in [-0.3, -0.25) is 0 Å². The van der Waals surface area contributed by atoms with Crippen LogP contribution in [0.25, 0.3) is 0 Å². The highest BCUT2D eigenvalue weighted by Gasteiger charge is 2.08. The minimum atomic E-state index is 0.607. The monoisotopic (exact) mass is 182 g/mol. The Kier molecular flexibility index (Phi) is 2.28. The highest BCUT2D eigenvalue weighted by atomic mass is 35.5. The number of rotatable bonds is 0. The molecule has 1 aromatic rings. The molecule has 64 valence electrons. The van der Waals surface area contributed by atoms with Crippen LogP contribution in [0.5, 0.6) is 0 Å². The molecule has 0 aliphatic carbocycles. The number of nitrogens with zero attached hydrogens (tertiary/aromatic N) is 1. The third-order valence-electron chi connectivity index (χ3n) is 2.14. The quantitative estimate of drug-likeness (QED) is 0.614. The Hall–Kier alpha value is -0.600. The molecule has 0 radical (unpaired) electrons. The fourth-order valence-corrected chi connectivity index (χ4v) is 1.67. The molecule has 2 nitrogen and oxygen atoms in total. The van der Waals surface area contributed by atoms with Gasteiger partial charge in [-0.15, -0.1) is 0 Å². The average molecular weight is 183 g/mol. The molecule has 3 heteroatoms. The van der Waals surface area contributed by atoms with Gasteiger partial charge < -0.3 is 5.32 Å². The fourth-order valence-electron chi connectivity index (χ4n) is 1.50. The SMILES string of the molecule is Clc1ccc2c(n1)CCNCC2. The molecule has 0 bridgehead atoms. The summed E-state index contributed by atoms with van der Waals surface area (Å²) in [6, 6.07) is 3.95. The number of aromatic nitrogens is 1. The van der Waals surface area contributed by atoms with Gasteiger partial charge in [0.2, 0.25) is 0 Å². The van der Waals surface area contributed by atoms with Crippen molar-refractivity contribution in [3.05, 3.63) is 28.5 Å². The van der Waals surface area contributed by atoms with Crippen LogP contribution in [0.3, 0.4) is 0 Å². The van der Waals surface area contributed by atoms with E-state index in [0.717, 1.165) is 31.6 Å². The first-order valence-electron chi connectivity index (χ1n) is 4.21. The minimum absolute atomic E-state index is 0.607. The summed E-state index contributed by atoms with van der Waals surface area (Å²) in [4.78, 5) is 4.30. The molecule has 0 fully saturated rings. The number of hydrogen-bond acceptors (Lipinski definition) is 2. The summed E-state index contributed by atoms with van der Waals surface area (Å²) in [5, 5.41) is 3.94. The van der Waals surface area contributed by atoms with Crippen LogP contribution in [0, 0.1) is 0 Å². The summed E-state index contributed by atoms with van der Waals surface area (Å²) in [5.74, 6) is 0. The Morgan fingerprint density at radius 1 is 1.25 bits per heavy atom. The van der Waals surface area contributed by atoms with Crippen LogP contribution in [0.2, 0.25) is 5.15 Å². The van der Waals surface area contributed by atoms with E-state index in [4.69, 9.17) is 11.6 Å². The maximum atomic E-state index is 5.80. The number of fused-ring (bicyclic) bond motifs is 1. The maximum absolute atomic E-state index is 5.80. The van der Waals surface area contributed by atoms with Crippen LogP contribution < -0.4 is 5.32 Å². The smallest absolute Gasteiger partial charge is 0.129 e. The van der Waals surface area contributed by atoms with Gasteiger partial charge in [0, 0.05) is 18.7 Å². The van der Waals surface area contributed by atoms with Gasteiger partial charge in [0.25, 0.3) is 0 Å². The van der Waals surface area contributed by atoms with Crippen molar-refractivity contribution in [1.82, 2.24) is 10.3 Å². The average Bonchev–Trinajstić information content (AvgIpc) is 2.28. The maximum Gasteiger partial charge on any atom is 0.129 e. The van der Waals surface area contributed by atoms with Crippen molar-refractivity contribution in [2.75, 3.05) is 13.1 Å². The third kappa shape index (κ3) is 1.59. The summed E-state index contributed by atoms with van der Waals surface area (Å²) in [6.45, 7) is 2.07. The number of hydrogen-bond donors (Lipinski definition) is 1. The van der Waals surface area contributed by atoms with Gasteiger partial charge in [-0.1, -0.05) is 17.7 Å². The predicted octanol–water partition coefficient (Wildman–Crippen LogP) is 1.42. The molecule has 0 unspecified atom stereocenters. The van der Waals surface area contributed by atoms with Gasteiger partial charge in [-0.2, -0.15) is 0 Å². The van der Waals surface area contributed by atoms with Crippen molar-refractivity contribution in [2.45, 2.75) is 12.8 Å². The molecular weight excluding hydrogens is 172 g/mol. The van der Waals surface area contributed by atoms with Gasteiger partial charge in [0.1, 0.15) is 5.15 Å². The van der Waals surface area contributed by atoms with E-state index in [1.807, 2.05) is 6.07 Å². The number of nitrogens with one attached hydrogen (secondary N) is 1. The molecule has 2 rings (SSSR count). The first kappa shape index (κ1) is 8.02. The van der Waals surface area contributed by atoms with E-state index in [1.165, 1.54) is 5.56 Å². The molecule has 0 aromatic carbocycles. The molecule has 1 aliphatic rings. The van der Waals surface area contributed by atoms with Crippen LogP contribution in [0.15, 0.2) is 12.1 Å². The van der Waals surface area contributed by atoms with E-state index in [-0.39, 0.29) is 0 Å². The van der Waals surface area contributed by atoms with Crippen molar-refractivity contribution in [1.29, 1.82) is 0 Å². The second kappa shape index (κ2) is 3.42. The number of pyridine rings is 1. The lowest BCUT2D eigenvalue weighted by atomic mass is 10.1. The van der Waals surface area contributed by atoms with Gasteiger partial charge in [0.05, 0.1) is 0 Å². The van der Waals surface area contributed by atoms with Crippen molar-refractivity contribution in [3.8, 4) is 0 Å². The zero-order valence-corrected chi connectivity index (χ0v) is 7.56. The first-order chi connectivity index (χ1) is 5.86. The Bertz CT molecular complexity index is 286. The van der Waals surface area contributed by atoms with Crippen LogP contribution in [0.1, 0.15) is 11.3 Å². The molecule has 1 N–H and O–H groups in total. The van der Waals surface area contributed by atoms with Crippen LogP contribution in [-0.2, 0) is 12.8 Å². The van der Waals surface area contributed by atoms with Crippen molar-refractivity contribution < 1.29 is 0 Å². The third-order valence-corrected chi connectivity index (χ3v) is 2.35. The van der Waals surface area contributed by atoms with E-state index in [9.17, 15) is 0 Å². The molecule has 1 aromatic heterocycles. The zero-order valence-electron chi connectivity index (χ0n) is 6.81. The lowest BCUT2D eigenvalue weighted by Crippen LogP contribution is -2.16. The van der Waals surface area contributed by atoms with Gasteiger partial charge in [-0.05, 0) is 24.6 Å². The van der Waals surface area contributed by atoms with E-state index in [1.54, 1.807) is 0 Å². The normalized spacial score (nSPS) is 16.8. The highest BCUT2D eigenvalue weighted by molar-refractivity contribution is 6.29. The zero-order chi connectivity index (χ0) is 8.39. The molecule has 2 heterocycles. The predicted molar refractivity (Wildman–Crippen MR) is 49.5 cm³/mol. The Labute approximate surface area is 77.0 Å². The Morgan fingerprint density at radius 2 is 2.08 bits per heavy atom. The van der Waals surface area contributed by atoms with Gasteiger partial charge in [0.15, 0.2) is 0 Å². The molecule has 12 heavy (non-hydrogen) atoms. The van der Waals surface area contributed by atoms with E-state index in [2.05, 4.69) is 16.4 Å². The summed E-state index contributed by atoms with van der Waals surface area (Å²) in [5.41, 5.74) is 2.50. The van der Waals surface area contributed by atoms with E-state index >= 15 is 0 Å². The van der Waals surface area contributed by atoms with Gasteiger partial charge in [-0.25, -0.2) is 4.98 Å². The van der Waals surface area contributed by atoms with E-state index < -0.39 is 0 Å².